The van der Waals surface area contributed by atoms with Crippen LogP contribution in [-0.4, -0.2) is 26.2 Å². The van der Waals surface area contributed by atoms with Crippen molar-refractivity contribution in [3.05, 3.63) is 109 Å². The molecule has 0 saturated carbocycles. The summed E-state index contributed by atoms with van der Waals surface area (Å²) in [6.07, 6.45) is 2.71. The summed E-state index contributed by atoms with van der Waals surface area (Å²) in [5.74, 6) is 1.38. The van der Waals surface area contributed by atoms with Crippen LogP contribution in [0.15, 0.2) is 103 Å². The largest absolute Gasteiger partial charge is 0.457 e. The van der Waals surface area contributed by atoms with Gasteiger partial charge in [-0.2, -0.15) is 0 Å². The molecule has 0 bridgehead atoms. The van der Waals surface area contributed by atoms with Gasteiger partial charge in [0.15, 0.2) is 5.82 Å². The first-order valence-electron chi connectivity index (χ1n) is 12.1. The maximum absolute atomic E-state index is 13.8. The molecule has 3 aromatic carbocycles. The number of pyridine rings is 1. The molecule has 0 unspecified atom stereocenters. The number of halogens is 1. The normalized spacial score (nSPS) is 11.3. The summed E-state index contributed by atoms with van der Waals surface area (Å²) in [6.45, 7) is 5.43. The number of aromatic nitrogens is 3. The molecule has 2 aromatic heterocycles. The number of imidazole rings is 1. The van der Waals surface area contributed by atoms with E-state index in [9.17, 15) is 9.18 Å². The zero-order valence-electron chi connectivity index (χ0n) is 21.3. The fourth-order valence-corrected chi connectivity index (χ4v) is 3.98. The highest BCUT2D eigenvalue weighted by Crippen LogP contribution is 2.37. The molecular weight excluding hydrogens is 481 g/mol. The van der Waals surface area contributed by atoms with Crippen LogP contribution in [0, 0.1) is 5.82 Å². The molecule has 0 fully saturated rings. The van der Waals surface area contributed by atoms with Gasteiger partial charge in [-0.05, 0) is 93.6 Å². The molecule has 0 aliphatic heterocycles. The van der Waals surface area contributed by atoms with E-state index in [1.807, 2.05) is 75.4 Å². The lowest BCUT2D eigenvalue weighted by atomic mass is 10.1. The van der Waals surface area contributed by atoms with Gasteiger partial charge in [0.1, 0.15) is 22.9 Å². The van der Waals surface area contributed by atoms with Crippen molar-refractivity contribution < 1.29 is 18.7 Å². The highest BCUT2D eigenvalue weighted by Gasteiger charge is 2.28. The second-order valence-electron chi connectivity index (χ2n) is 9.63. The lowest BCUT2D eigenvalue weighted by Gasteiger charge is -2.21. The lowest BCUT2D eigenvalue weighted by molar-refractivity contribution is 0.0542. The Balaban J connectivity index is 1.68. The predicted octanol–water partition coefficient (Wildman–Crippen LogP) is 7.99. The Morgan fingerprint density at radius 2 is 1.37 bits per heavy atom. The van der Waals surface area contributed by atoms with Gasteiger partial charge < -0.3 is 9.47 Å². The minimum atomic E-state index is -0.739. The van der Waals surface area contributed by atoms with Crippen LogP contribution < -0.4 is 4.74 Å². The summed E-state index contributed by atoms with van der Waals surface area (Å²) < 4.78 is 27.0. The van der Waals surface area contributed by atoms with Crippen molar-refractivity contribution in [2.45, 2.75) is 26.4 Å². The molecule has 0 amide bonds. The fourth-order valence-electron chi connectivity index (χ4n) is 3.98. The van der Waals surface area contributed by atoms with Crippen LogP contribution in [0.25, 0.3) is 33.9 Å². The van der Waals surface area contributed by atoms with Crippen molar-refractivity contribution in [2.75, 3.05) is 0 Å². The van der Waals surface area contributed by atoms with E-state index in [1.165, 1.54) is 16.7 Å². The van der Waals surface area contributed by atoms with Crippen LogP contribution >= 0.6 is 0 Å². The van der Waals surface area contributed by atoms with Crippen molar-refractivity contribution in [3.63, 3.8) is 0 Å². The molecule has 5 aromatic rings. The van der Waals surface area contributed by atoms with Crippen LogP contribution in [0.1, 0.15) is 20.8 Å². The number of ether oxygens (including phenoxy) is 2. The minimum Gasteiger partial charge on any atom is -0.457 e. The SMILES string of the molecule is CC(C)(C)OC(=O)n1c(-c2ccc(Oc3ccccc3)cc2)nc(-c2ccc(F)cc2)c1-c1ccncc1. The second-order valence-corrected chi connectivity index (χ2v) is 9.63. The number of hydrogen-bond acceptors (Lipinski definition) is 5. The van der Waals surface area contributed by atoms with Gasteiger partial charge in [-0.15, -0.1) is 0 Å². The smallest absolute Gasteiger partial charge is 0.420 e. The number of carbonyl (C=O) groups excluding carboxylic acids is 1. The van der Waals surface area contributed by atoms with E-state index in [0.717, 1.165) is 0 Å². The van der Waals surface area contributed by atoms with Crippen molar-refractivity contribution >= 4 is 6.09 Å². The maximum atomic E-state index is 13.8. The number of carbonyl (C=O) groups is 1. The molecule has 38 heavy (non-hydrogen) atoms. The third kappa shape index (κ3) is 5.47. The van der Waals surface area contributed by atoms with Crippen molar-refractivity contribution in [3.8, 4) is 45.4 Å². The Hall–Kier alpha value is -4.78. The van der Waals surface area contributed by atoms with E-state index in [2.05, 4.69) is 4.98 Å². The van der Waals surface area contributed by atoms with Crippen molar-refractivity contribution in [1.29, 1.82) is 0 Å². The van der Waals surface area contributed by atoms with Crippen LogP contribution in [0.2, 0.25) is 0 Å². The first-order valence-corrected chi connectivity index (χ1v) is 12.1. The average Bonchev–Trinajstić information content (AvgIpc) is 3.31. The van der Waals surface area contributed by atoms with E-state index in [4.69, 9.17) is 14.5 Å². The molecule has 2 heterocycles. The summed E-state index contributed by atoms with van der Waals surface area (Å²) in [7, 11) is 0. The summed E-state index contributed by atoms with van der Waals surface area (Å²) in [4.78, 5) is 22.7. The Kier molecular flexibility index (Phi) is 6.75. The second kappa shape index (κ2) is 10.3. The topological polar surface area (TPSA) is 66.2 Å². The predicted molar refractivity (Wildman–Crippen MR) is 144 cm³/mol. The molecule has 0 spiro atoms. The van der Waals surface area contributed by atoms with E-state index in [-0.39, 0.29) is 5.82 Å². The number of benzene rings is 3. The van der Waals surface area contributed by atoms with Crippen LogP contribution in [0.3, 0.4) is 0 Å². The Morgan fingerprint density at radius 3 is 2.00 bits per heavy atom. The molecule has 190 valence electrons. The molecule has 0 aliphatic rings. The number of nitrogens with zero attached hydrogens (tertiary/aromatic N) is 3. The van der Waals surface area contributed by atoms with E-state index >= 15 is 0 Å². The van der Waals surface area contributed by atoms with Crippen LogP contribution in [0.4, 0.5) is 9.18 Å². The third-order valence-electron chi connectivity index (χ3n) is 5.62. The van der Waals surface area contributed by atoms with Gasteiger partial charge in [-0.1, -0.05) is 18.2 Å². The van der Waals surface area contributed by atoms with Gasteiger partial charge in [0.05, 0.1) is 11.4 Å². The first-order chi connectivity index (χ1) is 18.3. The number of rotatable bonds is 5. The zero-order chi connectivity index (χ0) is 26.7. The summed E-state index contributed by atoms with van der Waals surface area (Å²) >= 11 is 0. The van der Waals surface area contributed by atoms with E-state index in [0.29, 0.717) is 45.4 Å². The molecule has 7 heteroatoms. The molecule has 0 aliphatic carbocycles. The Bertz CT molecular complexity index is 1540. The standard InChI is InChI=1S/C31H26FN3O3/c1-31(2,3)38-30(36)35-28(22-17-19-33-20-18-22)27(21-9-13-24(32)14-10-21)34-29(35)23-11-15-26(16-12-23)37-25-7-5-4-6-8-25/h4-20H,1-3H3. The molecule has 5 rings (SSSR count). The van der Waals surface area contributed by atoms with Crippen LogP contribution in [0.5, 0.6) is 11.5 Å². The highest BCUT2D eigenvalue weighted by molar-refractivity contribution is 5.91. The average molecular weight is 508 g/mol. The van der Waals surface area contributed by atoms with Gasteiger partial charge in [0.25, 0.3) is 0 Å². The van der Waals surface area contributed by atoms with Gasteiger partial charge in [-0.25, -0.2) is 18.7 Å². The monoisotopic (exact) mass is 507 g/mol. The van der Waals surface area contributed by atoms with E-state index in [1.54, 1.807) is 36.7 Å². The van der Waals surface area contributed by atoms with Crippen molar-refractivity contribution in [1.82, 2.24) is 14.5 Å². The summed E-state index contributed by atoms with van der Waals surface area (Å²) in [5, 5.41) is 0. The molecule has 0 saturated heterocycles. The molecule has 0 N–H and O–H groups in total. The van der Waals surface area contributed by atoms with Gasteiger partial charge in [0.2, 0.25) is 0 Å². The fraction of sp³-hybridized carbons (Fsp3) is 0.129. The quantitative estimate of drug-likeness (QED) is 0.241. The third-order valence-corrected chi connectivity index (χ3v) is 5.62. The Morgan fingerprint density at radius 1 is 0.763 bits per heavy atom. The zero-order valence-corrected chi connectivity index (χ0v) is 21.3. The van der Waals surface area contributed by atoms with Crippen molar-refractivity contribution in [2.24, 2.45) is 0 Å². The molecule has 0 atom stereocenters. The summed E-state index contributed by atoms with van der Waals surface area (Å²) in [5.41, 5.74) is 2.35. The van der Waals surface area contributed by atoms with Gasteiger partial charge in [0, 0.05) is 29.1 Å². The number of hydrogen-bond donors (Lipinski definition) is 0. The molecule has 6 nitrogen and oxygen atoms in total. The lowest BCUT2D eigenvalue weighted by Crippen LogP contribution is -2.28. The Labute approximate surface area is 220 Å². The van der Waals surface area contributed by atoms with Gasteiger partial charge in [-0.3, -0.25) is 4.98 Å². The van der Waals surface area contributed by atoms with Gasteiger partial charge >= 0.3 is 6.09 Å². The van der Waals surface area contributed by atoms with Crippen LogP contribution in [-0.2, 0) is 4.74 Å². The molecule has 0 radical (unpaired) electrons. The molecular formula is C31H26FN3O3. The number of para-hydroxylation sites is 1. The summed E-state index contributed by atoms with van der Waals surface area (Å²) in [6, 6.07) is 26.4. The van der Waals surface area contributed by atoms with E-state index < -0.39 is 11.7 Å². The first kappa shape index (κ1) is 24.9. The highest BCUT2D eigenvalue weighted by atomic mass is 19.1. The maximum Gasteiger partial charge on any atom is 0.420 e. The minimum absolute atomic E-state index is 0.361.